The summed E-state index contributed by atoms with van der Waals surface area (Å²) in [5, 5.41) is 5.66. The SMILES string of the molecule is Cc1nn(-c2cccc(Cl)c2)c(Oc2ccccc2)c1CN(Cc1ccc(F)cc1)C(=O)c1ccccc1Cl. The molecule has 0 unspecified atom stereocenters. The summed E-state index contributed by atoms with van der Waals surface area (Å²) in [5.41, 5.74) is 3.23. The van der Waals surface area contributed by atoms with Gasteiger partial charge in [0.25, 0.3) is 5.91 Å². The predicted molar refractivity (Wildman–Crippen MR) is 151 cm³/mol. The van der Waals surface area contributed by atoms with Crippen LogP contribution in [0.3, 0.4) is 0 Å². The number of nitrogens with zero attached hydrogens (tertiary/aromatic N) is 3. The summed E-state index contributed by atoms with van der Waals surface area (Å²) in [6, 6.07) is 29.6. The van der Waals surface area contributed by atoms with Crippen molar-refractivity contribution in [1.82, 2.24) is 14.7 Å². The van der Waals surface area contributed by atoms with Crippen LogP contribution in [0.1, 0.15) is 27.2 Å². The fraction of sp³-hybridized carbons (Fsp3) is 0.0968. The van der Waals surface area contributed by atoms with Gasteiger partial charge in [0.05, 0.1) is 34.1 Å². The molecule has 8 heteroatoms. The molecule has 0 fully saturated rings. The summed E-state index contributed by atoms with van der Waals surface area (Å²) in [6.45, 7) is 2.25. The monoisotopic (exact) mass is 559 g/mol. The Morgan fingerprint density at radius 1 is 0.897 bits per heavy atom. The molecule has 5 nitrogen and oxygen atoms in total. The molecule has 0 N–H and O–H groups in total. The van der Waals surface area contributed by atoms with Gasteiger partial charge in [-0.15, -0.1) is 0 Å². The molecule has 1 heterocycles. The third kappa shape index (κ3) is 6.14. The van der Waals surface area contributed by atoms with Crippen LogP contribution in [0.25, 0.3) is 5.69 Å². The van der Waals surface area contributed by atoms with Crippen LogP contribution in [-0.2, 0) is 13.1 Å². The maximum absolute atomic E-state index is 13.8. The third-order valence-corrected chi connectivity index (χ3v) is 6.74. The molecule has 196 valence electrons. The van der Waals surface area contributed by atoms with Crippen LogP contribution in [0.5, 0.6) is 11.6 Å². The van der Waals surface area contributed by atoms with E-state index in [0.29, 0.717) is 44.2 Å². The second kappa shape index (κ2) is 11.7. The molecular formula is C31H24Cl2FN3O2. The number of carbonyl (C=O) groups is 1. The second-order valence-corrected chi connectivity index (χ2v) is 9.79. The number of halogens is 3. The van der Waals surface area contributed by atoms with E-state index in [-0.39, 0.29) is 24.8 Å². The van der Waals surface area contributed by atoms with Crippen LogP contribution in [-0.4, -0.2) is 20.6 Å². The van der Waals surface area contributed by atoms with Gasteiger partial charge >= 0.3 is 0 Å². The van der Waals surface area contributed by atoms with Crippen molar-refractivity contribution in [3.8, 4) is 17.3 Å². The maximum atomic E-state index is 13.8. The molecule has 0 radical (unpaired) electrons. The van der Waals surface area contributed by atoms with Crippen molar-refractivity contribution in [1.29, 1.82) is 0 Å². The molecule has 0 bridgehead atoms. The number of ether oxygens (including phenoxy) is 1. The lowest BCUT2D eigenvalue weighted by Crippen LogP contribution is -2.30. The van der Waals surface area contributed by atoms with E-state index in [0.717, 1.165) is 5.56 Å². The normalized spacial score (nSPS) is 10.9. The Morgan fingerprint density at radius 2 is 1.62 bits per heavy atom. The van der Waals surface area contributed by atoms with E-state index >= 15 is 0 Å². The molecule has 5 rings (SSSR count). The fourth-order valence-electron chi connectivity index (χ4n) is 4.21. The molecule has 0 aliphatic heterocycles. The van der Waals surface area contributed by atoms with E-state index in [1.165, 1.54) is 12.1 Å². The summed E-state index contributed by atoms with van der Waals surface area (Å²) >= 11 is 12.7. The number of aryl methyl sites for hydroxylation is 1. The Bertz CT molecular complexity index is 1600. The molecule has 1 amide bonds. The van der Waals surface area contributed by atoms with Crippen molar-refractivity contribution in [2.24, 2.45) is 0 Å². The number of rotatable bonds is 8. The molecular weight excluding hydrogens is 536 g/mol. The molecule has 0 atom stereocenters. The minimum absolute atomic E-state index is 0.163. The number of aromatic nitrogens is 2. The number of benzene rings is 4. The van der Waals surface area contributed by atoms with Crippen LogP contribution < -0.4 is 4.74 Å². The van der Waals surface area contributed by atoms with Gasteiger partial charge < -0.3 is 9.64 Å². The van der Waals surface area contributed by atoms with E-state index in [4.69, 9.17) is 33.0 Å². The summed E-state index contributed by atoms with van der Waals surface area (Å²) in [5.74, 6) is 0.451. The van der Waals surface area contributed by atoms with Gasteiger partial charge in [-0.2, -0.15) is 5.10 Å². The second-order valence-electron chi connectivity index (χ2n) is 8.94. The first kappa shape index (κ1) is 26.5. The molecule has 5 aromatic rings. The van der Waals surface area contributed by atoms with Crippen molar-refractivity contribution in [2.75, 3.05) is 0 Å². The van der Waals surface area contributed by atoms with Crippen molar-refractivity contribution >= 4 is 29.1 Å². The van der Waals surface area contributed by atoms with Crippen molar-refractivity contribution in [3.63, 3.8) is 0 Å². The zero-order chi connectivity index (χ0) is 27.4. The highest BCUT2D eigenvalue weighted by Crippen LogP contribution is 2.33. The first-order chi connectivity index (χ1) is 18.9. The Hall–Kier alpha value is -4.13. The highest BCUT2D eigenvalue weighted by molar-refractivity contribution is 6.33. The lowest BCUT2D eigenvalue weighted by molar-refractivity contribution is 0.0729. The minimum Gasteiger partial charge on any atom is -0.439 e. The van der Waals surface area contributed by atoms with Gasteiger partial charge in [-0.25, -0.2) is 9.07 Å². The molecule has 4 aromatic carbocycles. The van der Waals surface area contributed by atoms with Crippen LogP contribution in [0.2, 0.25) is 10.0 Å². The lowest BCUT2D eigenvalue weighted by Gasteiger charge is -2.24. The van der Waals surface area contributed by atoms with E-state index in [1.807, 2.05) is 49.4 Å². The zero-order valence-electron chi connectivity index (χ0n) is 21.0. The average Bonchev–Trinajstić information content (AvgIpc) is 3.24. The fourth-order valence-corrected chi connectivity index (χ4v) is 4.61. The van der Waals surface area contributed by atoms with Gasteiger partial charge in [0.15, 0.2) is 0 Å². The van der Waals surface area contributed by atoms with Crippen LogP contribution in [0.15, 0.2) is 103 Å². The largest absolute Gasteiger partial charge is 0.439 e. The molecule has 0 saturated carbocycles. The lowest BCUT2D eigenvalue weighted by atomic mass is 10.1. The van der Waals surface area contributed by atoms with Crippen LogP contribution in [0, 0.1) is 12.7 Å². The number of para-hydroxylation sites is 1. The molecule has 0 spiro atoms. The number of carbonyl (C=O) groups excluding carboxylic acids is 1. The Balaban J connectivity index is 1.60. The Labute approximate surface area is 236 Å². The van der Waals surface area contributed by atoms with E-state index < -0.39 is 0 Å². The first-order valence-electron chi connectivity index (χ1n) is 12.2. The van der Waals surface area contributed by atoms with E-state index in [9.17, 15) is 9.18 Å². The quantitative estimate of drug-likeness (QED) is 0.192. The highest BCUT2D eigenvalue weighted by Gasteiger charge is 2.25. The molecule has 39 heavy (non-hydrogen) atoms. The first-order valence-corrected chi connectivity index (χ1v) is 13.0. The van der Waals surface area contributed by atoms with Crippen molar-refractivity contribution in [3.05, 3.63) is 141 Å². The van der Waals surface area contributed by atoms with Gasteiger partial charge in [-0.05, 0) is 67.1 Å². The summed E-state index contributed by atoms with van der Waals surface area (Å²) in [7, 11) is 0. The minimum atomic E-state index is -0.347. The van der Waals surface area contributed by atoms with Crippen molar-refractivity contribution < 1.29 is 13.9 Å². The van der Waals surface area contributed by atoms with Gasteiger partial charge in [0, 0.05) is 11.6 Å². The summed E-state index contributed by atoms with van der Waals surface area (Å²) in [6.07, 6.45) is 0. The topological polar surface area (TPSA) is 47.4 Å². The molecule has 0 aliphatic carbocycles. The molecule has 1 aromatic heterocycles. The standard InChI is InChI=1S/C31H24Cl2FN3O2/c1-21-28(31(39-26-10-3-2-4-11-26)37(35-21)25-9-7-8-23(32)18-25)20-36(19-22-14-16-24(34)17-15-22)30(38)27-12-5-6-13-29(27)33/h2-18H,19-20H2,1H3. The van der Waals surface area contributed by atoms with Gasteiger partial charge in [0.2, 0.25) is 5.88 Å². The Kier molecular flexibility index (Phi) is 7.96. The zero-order valence-corrected chi connectivity index (χ0v) is 22.5. The smallest absolute Gasteiger partial charge is 0.255 e. The number of hydrogen-bond donors (Lipinski definition) is 0. The number of amides is 1. The van der Waals surface area contributed by atoms with Gasteiger partial charge in [-0.1, -0.05) is 71.7 Å². The van der Waals surface area contributed by atoms with Gasteiger partial charge in [0.1, 0.15) is 11.6 Å². The third-order valence-electron chi connectivity index (χ3n) is 6.17. The van der Waals surface area contributed by atoms with E-state index in [1.54, 1.807) is 58.1 Å². The average molecular weight is 560 g/mol. The van der Waals surface area contributed by atoms with Crippen LogP contribution in [0.4, 0.5) is 4.39 Å². The Morgan fingerprint density at radius 3 is 2.33 bits per heavy atom. The summed E-state index contributed by atoms with van der Waals surface area (Å²) in [4.78, 5) is 15.5. The molecule has 0 aliphatic rings. The van der Waals surface area contributed by atoms with Crippen molar-refractivity contribution in [2.45, 2.75) is 20.0 Å². The maximum Gasteiger partial charge on any atom is 0.255 e. The van der Waals surface area contributed by atoms with Crippen LogP contribution >= 0.6 is 23.2 Å². The molecule has 0 saturated heterocycles. The van der Waals surface area contributed by atoms with E-state index in [2.05, 4.69) is 0 Å². The predicted octanol–water partition coefficient (Wildman–Crippen LogP) is 8.26. The number of hydrogen-bond acceptors (Lipinski definition) is 3. The van der Waals surface area contributed by atoms with Gasteiger partial charge in [-0.3, -0.25) is 4.79 Å². The summed E-state index contributed by atoms with van der Waals surface area (Å²) < 4.78 is 21.7. The highest BCUT2D eigenvalue weighted by atomic mass is 35.5.